The summed E-state index contributed by atoms with van der Waals surface area (Å²) in [4.78, 5) is 0. The quantitative estimate of drug-likeness (QED) is 0.170. The van der Waals surface area contributed by atoms with Crippen LogP contribution in [0.1, 0.15) is 71.8 Å². The third-order valence-corrected chi connectivity index (χ3v) is 7.14. The van der Waals surface area contributed by atoms with Crippen LogP contribution in [0.2, 0.25) is 0 Å². The summed E-state index contributed by atoms with van der Waals surface area (Å²) in [5, 5.41) is 0. The van der Waals surface area contributed by atoms with Gasteiger partial charge in [-0.1, -0.05) is 136 Å². The molecule has 0 aliphatic heterocycles. The Bertz CT molecular complexity index is 1160. The van der Waals surface area contributed by atoms with Crippen LogP contribution in [-0.2, 0) is 6.42 Å². The molecule has 1 unspecified atom stereocenters. The van der Waals surface area contributed by atoms with E-state index >= 15 is 0 Å². The molecule has 0 saturated carbocycles. The van der Waals surface area contributed by atoms with Crippen molar-refractivity contribution in [3.8, 4) is 22.3 Å². The van der Waals surface area contributed by atoms with Gasteiger partial charge in [0.15, 0.2) is 0 Å². The molecule has 3 aromatic carbocycles. The Kier molecular flexibility index (Phi) is 10.6. The third-order valence-electron chi connectivity index (χ3n) is 7.14. The predicted molar refractivity (Wildman–Crippen MR) is 160 cm³/mol. The Morgan fingerprint density at radius 3 is 1.89 bits per heavy atom. The van der Waals surface area contributed by atoms with Crippen molar-refractivity contribution in [3.63, 3.8) is 0 Å². The average Bonchev–Trinajstić information content (AvgIpc) is 2.89. The second-order valence-corrected chi connectivity index (χ2v) is 10.4. The molecule has 0 nitrogen and oxygen atoms in total. The largest absolute Gasteiger partial charge is 0.0956 e. The van der Waals surface area contributed by atoms with Crippen molar-refractivity contribution in [2.24, 2.45) is 5.92 Å². The molecule has 3 rings (SSSR count). The lowest BCUT2D eigenvalue weighted by Crippen LogP contribution is -2.03. The molecule has 0 aromatic heterocycles. The van der Waals surface area contributed by atoms with Crippen LogP contribution in [0.15, 0.2) is 114 Å². The minimum Gasteiger partial charge on any atom is -0.0956 e. The van der Waals surface area contributed by atoms with E-state index in [0.29, 0.717) is 5.92 Å². The number of hydrogen-bond acceptors (Lipinski definition) is 0. The Labute approximate surface area is 220 Å². The highest BCUT2D eigenvalue weighted by Crippen LogP contribution is 2.30. The molecule has 0 amide bonds. The monoisotopic (exact) mass is 476 g/mol. The van der Waals surface area contributed by atoms with Crippen molar-refractivity contribution in [2.75, 3.05) is 0 Å². The zero-order valence-corrected chi connectivity index (χ0v) is 22.9. The van der Waals surface area contributed by atoms with Crippen LogP contribution in [0.4, 0.5) is 0 Å². The highest BCUT2D eigenvalue weighted by molar-refractivity contribution is 5.73. The van der Waals surface area contributed by atoms with Gasteiger partial charge in [0.2, 0.25) is 0 Å². The smallest absolute Gasteiger partial charge is 0.00679 e. The summed E-state index contributed by atoms with van der Waals surface area (Å²) < 4.78 is 0. The summed E-state index contributed by atoms with van der Waals surface area (Å²) in [5.74, 6) is 0.539. The zero-order chi connectivity index (χ0) is 25.9. The average molecular weight is 477 g/mol. The van der Waals surface area contributed by atoms with Crippen LogP contribution >= 0.6 is 0 Å². The van der Waals surface area contributed by atoms with Crippen molar-refractivity contribution in [1.29, 1.82) is 0 Å². The van der Waals surface area contributed by atoms with Crippen molar-refractivity contribution < 1.29 is 0 Å². The Morgan fingerprint density at radius 1 is 0.694 bits per heavy atom. The van der Waals surface area contributed by atoms with Gasteiger partial charge in [-0.05, 0) is 84.4 Å². The topological polar surface area (TPSA) is 0 Å². The van der Waals surface area contributed by atoms with Gasteiger partial charge in [-0.15, -0.1) is 0 Å². The van der Waals surface area contributed by atoms with E-state index in [1.165, 1.54) is 64.6 Å². The van der Waals surface area contributed by atoms with Crippen molar-refractivity contribution in [2.45, 2.75) is 72.6 Å². The van der Waals surface area contributed by atoms with E-state index in [2.05, 4.69) is 120 Å². The lowest BCUT2D eigenvalue weighted by molar-refractivity contribution is 0.576. The molecule has 0 radical (unpaired) electrons. The Hall–Kier alpha value is -3.12. The molecular formula is C36H44. The van der Waals surface area contributed by atoms with Gasteiger partial charge >= 0.3 is 0 Å². The maximum absolute atomic E-state index is 4.42. The molecule has 188 valence electrons. The zero-order valence-electron chi connectivity index (χ0n) is 22.9. The molecule has 0 aliphatic carbocycles. The minimum atomic E-state index is 0.539. The van der Waals surface area contributed by atoms with Gasteiger partial charge in [0.25, 0.3) is 0 Å². The molecule has 0 spiro atoms. The number of hydrogen-bond donors (Lipinski definition) is 0. The first-order chi connectivity index (χ1) is 17.4. The van der Waals surface area contributed by atoms with Gasteiger partial charge in [0.05, 0.1) is 0 Å². The van der Waals surface area contributed by atoms with E-state index in [1.807, 2.05) is 0 Å². The second-order valence-electron chi connectivity index (χ2n) is 10.4. The minimum absolute atomic E-state index is 0.539. The molecule has 3 aromatic rings. The van der Waals surface area contributed by atoms with E-state index in [4.69, 9.17) is 0 Å². The van der Waals surface area contributed by atoms with E-state index in [1.54, 1.807) is 11.1 Å². The maximum Gasteiger partial charge on any atom is -0.00679 e. The molecule has 0 N–H and O–H groups in total. The summed E-state index contributed by atoms with van der Waals surface area (Å²) in [6.45, 7) is 18.0. The first-order valence-corrected chi connectivity index (χ1v) is 13.7. The van der Waals surface area contributed by atoms with Gasteiger partial charge in [0, 0.05) is 0 Å². The Morgan fingerprint density at radius 2 is 1.28 bits per heavy atom. The van der Waals surface area contributed by atoms with Crippen LogP contribution < -0.4 is 0 Å². The summed E-state index contributed by atoms with van der Waals surface area (Å²) in [5.41, 5.74) is 12.0. The molecule has 0 aliphatic rings. The second kappa shape index (κ2) is 13.8. The first-order valence-electron chi connectivity index (χ1n) is 13.7. The SMILES string of the molecule is C=C(CC(CCC)=C(C)CCC)C(=C)CC(C)Cc1ccc(-c2cccc(-c3ccccc3)c2)cc1. The highest BCUT2D eigenvalue weighted by atomic mass is 14.2. The normalized spacial score (nSPS) is 12.7. The summed E-state index contributed by atoms with van der Waals surface area (Å²) in [6.07, 6.45) is 7.82. The highest BCUT2D eigenvalue weighted by Gasteiger charge is 2.12. The van der Waals surface area contributed by atoms with Crippen molar-refractivity contribution in [1.82, 2.24) is 0 Å². The fourth-order valence-corrected chi connectivity index (χ4v) is 5.07. The van der Waals surface area contributed by atoms with Gasteiger partial charge in [-0.3, -0.25) is 0 Å². The fourth-order valence-electron chi connectivity index (χ4n) is 5.07. The van der Waals surface area contributed by atoms with E-state index in [0.717, 1.165) is 19.3 Å². The summed E-state index contributed by atoms with van der Waals surface area (Å²) in [7, 11) is 0. The van der Waals surface area contributed by atoms with Crippen molar-refractivity contribution >= 4 is 0 Å². The van der Waals surface area contributed by atoms with Gasteiger partial charge in [0.1, 0.15) is 0 Å². The molecular weight excluding hydrogens is 432 g/mol. The number of rotatable bonds is 13. The van der Waals surface area contributed by atoms with Crippen molar-refractivity contribution in [3.05, 3.63) is 120 Å². The third kappa shape index (κ3) is 7.95. The molecule has 0 saturated heterocycles. The van der Waals surface area contributed by atoms with Crippen LogP contribution in [0, 0.1) is 5.92 Å². The predicted octanol–water partition coefficient (Wildman–Crippen LogP) is 11.0. The van der Waals surface area contributed by atoms with Crippen LogP contribution in [-0.4, -0.2) is 0 Å². The fraction of sp³-hybridized carbons (Fsp3) is 0.333. The molecule has 0 heteroatoms. The van der Waals surface area contributed by atoms with Gasteiger partial charge in [-0.25, -0.2) is 0 Å². The van der Waals surface area contributed by atoms with Gasteiger partial charge < -0.3 is 0 Å². The van der Waals surface area contributed by atoms with E-state index < -0.39 is 0 Å². The lowest BCUT2D eigenvalue weighted by atomic mass is 9.87. The first kappa shape index (κ1) is 27.5. The van der Waals surface area contributed by atoms with Gasteiger partial charge in [-0.2, -0.15) is 0 Å². The molecule has 0 fully saturated rings. The number of allylic oxidation sites excluding steroid dienone is 4. The van der Waals surface area contributed by atoms with E-state index in [-0.39, 0.29) is 0 Å². The summed E-state index contributed by atoms with van der Waals surface area (Å²) in [6, 6.07) is 28.5. The molecule has 0 bridgehead atoms. The van der Waals surface area contributed by atoms with Crippen LogP contribution in [0.25, 0.3) is 22.3 Å². The number of benzene rings is 3. The molecule has 36 heavy (non-hydrogen) atoms. The van der Waals surface area contributed by atoms with Crippen LogP contribution in [0.5, 0.6) is 0 Å². The molecule has 1 atom stereocenters. The Balaban J connectivity index is 1.59. The summed E-state index contributed by atoms with van der Waals surface area (Å²) >= 11 is 0. The standard InChI is InChI=1S/C36H44/c1-7-13-28(4)34(14-8-2)25-30(6)29(5)23-27(3)24-31-19-21-33(22-20-31)36-18-12-17-35(26-36)32-15-10-9-11-16-32/h9-12,15-22,26-27H,5-8,13-14,23-25H2,1-4H3. The van der Waals surface area contributed by atoms with E-state index in [9.17, 15) is 0 Å². The molecule has 0 heterocycles. The lowest BCUT2D eigenvalue weighted by Gasteiger charge is -2.18. The maximum atomic E-state index is 4.42. The van der Waals surface area contributed by atoms with Crippen LogP contribution in [0.3, 0.4) is 0 Å².